The van der Waals surface area contributed by atoms with Gasteiger partial charge in [-0.15, -0.1) is 22.9 Å². The zero-order valence-electron chi connectivity index (χ0n) is 13.2. The van der Waals surface area contributed by atoms with Gasteiger partial charge in [-0.3, -0.25) is 10.1 Å². The molecule has 0 unspecified atom stereocenters. The molecule has 0 aliphatic heterocycles. The second-order valence-electron chi connectivity index (χ2n) is 5.17. The second kappa shape index (κ2) is 9.53. The van der Waals surface area contributed by atoms with Crippen molar-refractivity contribution in [3.8, 4) is 5.75 Å². The Labute approximate surface area is 145 Å². The van der Waals surface area contributed by atoms with Crippen LogP contribution in [0, 0.1) is 0 Å². The molecule has 1 amide bonds. The summed E-state index contributed by atoms with van der Waals surface area (Å²) < 4.78 is 5.67. The highest BCUT2D eigenvalue weighted by Gasteiger charge is 2.09. The number of carbonyl (C=O) groups excluding carboxylic acids is 1. The van der Waals surface area contributed by atoms with Crippen molar-refractivity contribution in [3.63, 3.8) is 0 Å². The van der Waals surface area contributed by atoms with Crippen LogP contribution in [-0.4, -0.2) is 17.5 Å². The Morgan fingerprint density at radius 2 is 2.04 bits per heavy atom. The van der Waals surface area contributed by atoms with E-state index in [0.29, 0.717) is 23.2 Å². The molecular weight excluding hydrogens is 332 g/mol. The smallest absolute Gasteiger partial charge is 0.257 e. The Balaban J connectivity index is 1.82. The van der Waals surface area contributed by atoms with Gasteiger partial charge < -0.3 is 4.74 Å². The second-order valence-corrected chi connectivity index (χ2v) is 6.29. The Bertz CT molecular complexity index is 613. The zero-order valence-corrected chi connectivity index (χ0v) is 14.8. The van der Waals surface area contributed by atoms with Crippen LogP contribution in [0.5, 0.6) is 5.75 Å². The van der Waals surface area contributed by atoms with Gasteiger partial charge in [-0.2, -0.15) is 0 Å². The molecule has 0 atom stereocenters. The molecular formula is C17H21ClN2O2S. The summed E-state index contributed by atoms with van der Waals surface area (Å²) in [6, 6.07) is 7.15. The Hall–Kier alpha value is -1.59. The first-order valence-electron chi connectivity index (χ1n) is 7.77. The van der Waals surface area contributed by atoms with Crippen LogP contribution in [0.2, 0.25) is 0 Å². The maximum absolute atomic E-state index is 12.1. The maximum Gasteiger partial charge on any atom is 0.257 e. The average Bonchev–Trinajstić information content (AvgIpc) is 3.03. The fraction of sp³-hybridized carbons (Fsp3) is 0.412. The van der Waals surface area contributed by atoms with Crippen molar-refractivity contribution in [2.75, 3.05) is 11.9 Å². The molecule has 124 valence electrons. The molecule has 0 saturated carbocycles. The fourth-order valence-electron chi connectivity index (χ4n) is 2.02. The van der Waals surface area contributed by atoms with E-state index in [0.717, 1.165) is 17.9 Å². The topological polar surface area (TPSA) is 51.2 Å². The van der Waals surface area contributed by atoms with Crippen molar-refractivity contribution in [2.45, 2.75) is 38.5 Å². The van der Waals surface area contributed by atoms with E-state index in [1.165, 1.54) is 30.6 Å². The van der Waals surface area contributed by atoms with Crippen LogP contribution in [0.15, 0.2) is 29.6 Å². The summed E-state index contributed by atoms with van der Waals surface area (Å²) in [6.07, 6.45) is 4.71. The first-order chi connectivity index (χ1) is 11.2. The van der Waals surface area contributed by atoms with Crippen LogP contribution in [-0.2, 0) is 5.88 Å². The maximum atomic E-state index is 12.1. The molecule has 1 aromatic carbocycles. The van der Waals surface area contributed by atoms with E-state index in [9.17, 15) is 4.79 Å². The Kier molecular flexibility index (Phi) is 7.36. The highest BCUT2D eigenvalue weighted by Crippen LogP contribution is 2.19. The first-order valence-corrected chi connectivity index (χ1v) is 9.19. The lowest BCUT2D eigenvalue weighted by atomic mass is 10.2. The SMILES string of the molecule is CCCCCCOc1ccc(C(=O)Nc2nc(CCl)cs2)cc1. The van der Waals surface area contributed by atoms with Crippen molar-refractivity contribution in [2.24, 2.45) is 0 Å². The van der Waals surface area contributed by atoms with E-state index >= 15 is 0 Å². The van der Waals surface area contributed by atoms with E-state index in [-0.39, 0.29) is 5.91 Å². The number of carbonyl (C=O) groups is 1. The average molecular weight is 353 g/mol. The monoisotopic (exact) mass is 352 g/mol. The molecule has 1 aromatic heterocycles. The van der Waals surface area contributed by atoms with Gasteiger partial charge in [0.05, 0.1) is 18.2 Å². The minimum Gasteiger partial charge on any atom is -0.494 e. The number of rotatable bonds is 9. The number of nitrogens with zero attached hydrogens (tertiary/aromatic N) is 1. The molecule has 6 heteroatoms. The number of nitrogens with one attached hydrogen (secondary N) is 1. The van der Waals surface area contributed by atoms with Crippen LogP contribution in [0.25, 0.3) is 0 Å². The van der Waals surface area contributed by atoms with E-state index in [2.05, 4.69) is 17.2 Å². The molecule has 0 spiro atoms. The number of amides is 1. The predicted molar refractivity (Wildman–Crippen MR) is 95.7 cm³/mol. The number of halogens is 1. The number of benzene rings is 1. The van der Waals surface area contributed by atoms with Gasteiger partial charge in [0, 0.05) is 10.9 Å². The lowest BCUT2D eigenvalue weighted by Crippen LogP contribution is -2.11. The quantitative estimate of drug-likeness (QED) is 0.505. The highest BCUT2D eigenvalue weighted by atomic mass is 35.5. The number of aromatic nitrogens is 1. The van der Waals surface area contributed by atoms with Crippen molar-refractivity contribution in [3.05, 3.63) is 40.9 Å². The molecule has 23 heavy (non-hydrogen) atoms. The molecule has 0 aliphatic carbocycles. The van der Waals surface area contributed by atoms with Crippen LogP contribution in [0.1, 0.15) is 48.7 Å². The minimum absolute atomic E-state index is 0.185. The summed E-state index contributed by atoms with van der Waals surface area (Å²) in [7, 11) is 0. The fourth-order valence-corrected chi connectivity index (χ4v) is 2.95. The van der Waals surface area contributed by atoms with Crippen molar-refractivity contribution in [1.29, 1.82) is 0 Å². The summed E-state index contributed by atoms with van der Waals surface area (Å²) in [4.78, 5) is 16.3. The lowest BCUT2D eigenvalue weighted by Gasteiger charge is -2.07. The molecule has 0 radical (unpaired) electrons. The van der Waals surface area contributed by atoms with Crippen LogP contribution in [0.3, 0.4) is 0 Å². The van der Waals surface area contributed by atoms with Gasteiger partial charge in [-0.1, -0.05) is 26.2 Å². The molecule has 0 fully saturated rings. The third-order valence-corrected chi connectivity index (χ3v) is 4.37. The Morgan fingerprint density at radius 1 is 1.26 bits per heavy atom. The van der Waals surface area contributed by atoms with Crippen LogP contribution >= 0.6 is 22.9 Å². The van der Waals surface area contributed by atoms with Gasteiger partial charge in [0.25, 0.3) is 5.91 Å². The standard InChI is InChI=1S/C17H21ClN2O2S/c1-2-3-4-5-10-22-15-8-6-13(7-9-15)16(21)20-17-19-14(11-18)12-23-17/h6-9,12H,2-5,10-11H2,1H3,(H,19,20,21). The summed E-state index contributed by atoms with van der Waals surface area (Å²) in [5.41, 5.74) is 1.34. The van der Waals surface area contributed by atoms with Gasteiger partial charge >= 0.3 is 0 Å². The number of hydrogen-bond acceptors (Lipinski definition) is 4. The van der Waals surface area contributed by atoms with Gasteiger partial charge in [0.15, 0.2) is 5.13 Å². The highest BCUT2D eigenvalue weighted by molar-refractivity contribution is 7.14. The summed E-state index contributed by atoms with van der Waals surface area (Å²) in [5.74, 6) is 0.947. The summed E-state index contributed by atoms with van der Waals surface area (Å²) >= 11 is 7.06. The zero-order chi connectivity index (χ0) is 16.5. The number of unbranched alkanes of at least 4 members (excludes halogenated alkanes) is 3. The van der Waals surface area contributed by atoms with Gasteiger partial charge in [0.2, 0.25) is 0 Å². The largest absolute Gasteiger partial charge is 0.494 e. The third kappa shape index (κ3) is 5.84. The first kappa shape index (κ1) is 17.8. The predicted octanol–water partition coefficient (Wildman–Crippen LogP) is 5.09. The van der Waals surface area contributed by atoms with Crippen molar-refractivity contribution < 1.29 is 9.53 Å². The molecule has 0 saturated heterocycles. The third-order valence-electron chi connectivity index (χ3n) is 3.29. The summed E-state index contributed by atoms with van der Waals surface area (Å²) in [6.45, 7) is 2.90. The number of hydrogen-bond donors (Lipinski definition) is 1. The molecule has 2 rings (SSSR count). The van der Waals surface area contributed by atoms with E-state index in [1.807, 2.05) is 17.5 Å². The number of alkyl halides is 1. The number of ether oxygens (including phenoxy) is 1. The molecule has 1 heterocycles. The van der Waals surface area contributed by atoms with Gasteiger partial charge in [0.1, 0.15) is 5.75 Å². The van der Waals surface area contributed by atoms with Crippen molar-refractivity contribution >= 4 is 34.0 Å². The molecule has 4 nitrogen and oxygen atoms in total. The van der Waals surface area contributed by atoms with Crippen molar-refractivity contribution in [1.82, 2.24) is 4.98 Å². The van der Waals surface area contributed by atoms with E-state index in [1.54, 1.807) is 12.1 Å². The normalized spacial score (nSPS) is 10.5. The Morgan fingerprint density at radius 3 is 2.70 bits per heavy atom. The molecule has 0 aliphatic rings. The minimum atomic E-state index is -0.185. The lowest BCUT2D eigenvalue weighted by molar-refractivity contribution is 0.102. The molecule has 2 aromatic rings. The number of thiazole rings is 1. The van der Waals surface area contributed by atoms with Crippen LogP contribution < -0.4 is 10.1 Å². The summed E-state index contributed by atoms with van der Waals surface area (Å²) in [5, 5.41) is 5.16. The van der Waals surface area contributed by atoms with E-state index in [4.69, 9.17) is 16.3 Å². The molecule has 0 bridgehead atoms. The van der Waals surface area contributed by atoms with Crippen LogP contribution in [0.4, 0.5) is 5.13 Å². The van der Waals surface area contributed by atoms with E-state index < -0.39 is 0 Å². The number of anilines is 1. The molecule has 1 N–H and O–H groups in total. The van der Waals surface area contributed by atoms with Gasteiger partial charge in [-0.25, -0.2) is 4.98 Å². The van der Waals surface area contributed by atoms with Gasteiger partial charge in [-0.05, 0) is 30.7 Å².